The van der Waals surface area contributed by atoms with E-state index < -0.39 is 25.8 Å². The Morgan fingerprint density at radius 3 is 2.73 bits per heavy atom. The zero-order valence-electron chi connectivity index (χ0n) is 12.0. The van der Waals surface area contributed by atoms with Crippen molar-refractivity contribution in [3.63, 3.8) is 0 Å². The minimum atomic E-state index is -3.80. The van der Waals surface area contributed by atoms with Crippen LogP contribution in [-0.4, -0.2) is 48.0 Å². The first-order valence-corrected chi connectivity index (χ1v) is 9.92. The summed E-state index contributed by atoms with van der Waals surface area (Å²) in [5.41, 5.74) is 0.133. The number of sulfone groups is 1. The summed E-state index contributed by atoms with van der Waals surface area (Å²) in [6.45, 7) is 0.0595. The summed E-state index contributed by atoms with van der Waals surface area (Å²) in [7, 11) is -5.64. The van der Waals surface area contributed by atoms with Crippen LogP contribution in [0.1, 0.15) is 16.8 Å². The predicted octanol–water partition coefficient (Wildman–Crippen LogP) is 0.186. The third-order valence-electron chi connectivity index (χ3n) is 3.45. The molecule has 1 fully saturated rings. The molecule has 1 heterocycles. The molecule has 1 saturated heterocycles. The highest BCUT2D eigenvalue weighted by Crippen LogP contribution is 2.19. The molecule has 1 aromatic rings. The zero-order valence-corrected chi connectivity index (χ0v) is 13.6. The van der Waals surface area contributed by atoms with E-state index in [1.807, 2.05) is 0 Å². The van der Waals surface area contributed by atoms with Crippen molar-refractivity contribution >= 4 is 25.8 Å². The van der Waals surface area contributed by atoms with Gasteiger partial charge in [-0.2, -0.15) is 0 Å². The average Bonchev–Trinajstić information content (AvgIpc) is 2.84. The van der Waals surface area contributed by atoms with Crippen LogP contribution in [0, 0.1) is 5.92 Å². The number of rotatable bonds is 5. The van der Waals surface area contributed by atoms with E-state index in [0.717, 1.165) is 0 Å². The maximum atomic E-state index is 12.2. The van der Waals surface area contributed by atoms with E-state index in [0.29, 0.717) is 6.42 Å². The van der Waals surface area contributed by atoms with Crippen LogP contribution in [-0.2, 0) is 24.6 Å². The smallest absolute Gasteiger partial charge is 0.337 e. The molecule has 122 valence electrons. The molecule has 0 aliphatic carbocycles. The number of nitrogens with one attached hydrogen (secondary N) is 1. The van der Waals surface area contributed by atoms with Crippen molar-refractivity contribution in [1.29, 1.82) is 0 Å². The van der Waals surface area contributed by atoms with Gasteiger partial charge in [-0.05, 0) is 30.5 Å². The number of sulfonamides is 1. The van der Waals surface area contributed by atoms with Gasteiger partial charge in [-0.15, -0.1) is 0 Å². The van der Waals surface area contributed by atoms with Crippen molar-refractivity contribution < 1.29 is 26.4 Å². The standard InChI is InChI=1S/C13H17NO6S2/c1-20-13(15)11-3-2-4-12(7-11)22(18,19)14-8-10-5-6-21(16,17)9-10/h2-4,7,10,14H,5-6,8-9H2,1H3. The van der Waals surface area contributed by atoms with Crippen LogP contribution in [0.3, 0.4) is 0 Å². The Bertz CT molecular complexity index is 769. The number of ether oxygens (including phenoxy) is 1. The molecule has 2 rings (SSSR count). The van der Waals surface area contributed by atoms with Gasteiger partial charge in [0.05, 0.1) is 29.1 Å². The molecular weight excluding hydrogens is 330 g/mol. The van der Waals surface area contributed by atoms with Crippen LogP contribution in [0.25, 0.3) is 0 Å². The Labute approximate surface area is 129 Å². The molecule has 1 N–H and O–H groups in total. The van der Waals surface area contributed by atoms with Crippen molar-refractivity contribution in [2.75, 3.05) is 25.2 Å². The molecule has 0 amide bonds. The third-order valence-corrected chi connectivity index (χ3v) is 6.71. The maximum absolute atomic E-state index is 12.2. The van der Waals surface area contributed by atoms with E-state index >= 15 is 0 Å². The highest BCUT2D eigenvalue weighted by molar-refractivity contribution is 7.91. The van der Waals surface area contributed by atoms with Crippen molar-refractivity contribution in [1.82, 2.24) is 4.72 Å². The predicted molar refractivity (Wildman–Crippen MR) is 79.7 cm³/mol. The Morgan fingerprint density at radius 2 is 2.14 bits per heavy atom. The lowest BCUT2D eigenvalue weighted by molar-refractivity contribution is 0.0600. The van der Waals surface area contributed by atoms with E-state index in [4.69, 9.17) is 0 Å². The van der Waals surface area contributed by atoms with Crippen LogP contribution < -0.4 is 4.72 Å². The van der Waals surface area contributed by atoms with E-state index in [1.165, 1.54) is 31.4 Å². The fraction of sp³-hybridized carbons (Fsp3) is 0.462. The van der Waals surface area contributed by atoms with Gasteiger partial charge in [0.2, 0.25) is 10.0 Å². The minimum Gasteiger partial charge on any atom is -0.465 e. The lowest BCUT2D eigenvalue weighted by Gasteiger charge is -2.11. The monoisotopic (exact) mass is 347 g/mol. The van der Waals surface area contributed by atoms with Gasteiger partial charge in [0.15, 0.2) is 9.84 Å². The molecule has 0 radical (unpaired) electrons. The van der Waals surface area contributed by atoms with Crippen LogP contribution >= 0.6 is 0 Å². The Balaban J connectivity index is 2.09. The lowest BCUT2D eigenvalue weighted by atomic mass is 10.1. The normalized spacial score (nSPS) is 20.7. The summed E-state index contributed by atoms with van der Waals surface area (Å²) >= 11 is 0. The molecule has 1 aliphatic heterocycles. The highest BCUT2D eigenvalue weighted by atomic mass is 32.2. The summed E-state index contributed by atoms with van der Waals surface area (Å²) in [6, 6.07) is 5.48. The number of esters is 1. The molecular formula is C13H17NO6S2. The van der Waals surface area contributed by atoms with Crippen LogP contribution in [0.4, 0.5) is 0 Å². The van der Waals surface area contributed by atoms with Gasteiger partial charge in [0.1, 0.15) is 0 Å². The van der Waals surface area contributed by atoms with Gasteiger partial charge in [0.25, 0.3) is 0 Å². The van der Waals surface area contributed by atoms with Crippen molar-refractivity contribution in [2.24, 2.45) is 5.92 Å². The van der Waals surface area contributed by atoms with Crippen LogP contribution in [0.15, 0.2) is 29.2 Å². The second kappa shape index (κ2) is 6.35. The molecule has 0 aromatic heterocycles. The number of hydrogen-bond acceptors (Lipinski definition) is 6. The van der Waals surface area contributed by atoms with Gasteiger partial charge in [-0.25, -0.2) is 26.4 Å². The molecule has 7 nitrogen and oxygen atoms in total. The molecule has 22 heavy (non-hydrogen) atoms. The van der Waals surface area contributed by atoms with Crippen LogP contribution in [0.5, 0.6) is 0 Å². The molecule has 1 aromatic carbocycles. The van der Waals surface area contributed by atoms with Gasteiger partial charge in [-0.1, -0.05) is 6.07 Å². The summed E-state index contributed by atoms with van der Waals surface area (Å²) in [4.78, 5) is 11.4. The number of carbonyl (C=O) groups is 1. The number of benzene rings is 1. The van der Waals surface area contributed by atoms with Crippen molar-refractivity contribution in [3.05, 3.63) is 29.8 Å². The summed E-state index contributed by atoms with van der Waals surface area (Å²) in [5, 5.41) is 0. The summed E-state index contributed by atoms with van der Waals surface area (Å²) in [6.07, 6.45) is 0.451. The number of carbonyl (C=O) groups excluding carboxylic acids is 1. The largest absolute Gasteiger partial charge is 0.465 e. The minimum absolute atomic E-state index is 0.00226. The first kappa shape index (κ1) is 16.9. The number of methoxy groups -OCH3 is 1. The average molecular weight is 347 g/mol. The second-order valence-electron chi connectivity index (χ2n) is 5.14. The SMILES string of the molecule is COC(=O)c1cccc(S(=O)(=O)NCC2CCS(=O)(=O)C2)c1. The topological polar surface area (TPSA) is 107 Å². The van der Waals surface area contributed by atoms with Gasteiger partial charge in [-0.3, -0.25) is 0 Å². The van der Waals surface area contributed by atoms with E-state index in [2.05, 4.69) is 9.46 Å². The summed E-state index contributed by atoms with van der Waals surface area (Å²) < 4.78 is 54.1. The summed E-state index contributed by atoms with van der Waals surface area (Å²) in [5.74, 6) is -0.753. The zero-order chi connectivity index (χ0) is 16.4. The second-order valence-corrected chi connectivity index (χ2v) is 9.14. The first-order valence-electron chi connectivity index (χ1n) is 6.62. The third kappa shape index (κ3) is 4.05. The Kier molecular flexibility index (Phi) is 4.88. The lowest BCUT2D eigenvalue weighted by Crippen LogP contribution is -2.30. The van der Waals surface area contributed by atoms with E-state index in [1.54, 1.807) is 0 Å². The maximum Gasteiger partial charge on any atom is 0.337 e. The molecule has 0 saturated carbocycles. The van der Waals surface area contributed by atoms with Gasteiger partial charge >= 0.3 is 5.97 Å². The van der Waals surface area contributed by atoms with Crippen LogP contribution in [0.2, 0.25) is 0 Å². The number of hydrogen-bond donors (Lipinski definition) is 1. The van der Waals surface area contributed by atoms with E-state index in [-0.39, 0.29) is 34.4 Å². The Hall–Kier alpha value is -1.45. The molecule has 1 atom stereocenters. The van der Waals surface area contributed by atoms with Gasteiger partial charge in [0, 0.05) is 6.54 Å². The fourth-order valence-corrected chi connectivity index (χ4v) is 5.28. The fourth-order valence-electron chi connectivity index (χ4n) is 2.25. The highest BCUT2D eigenvalue weighted by Gasteiger charge is 2.29. The van der Waals surface area contributed by atoms with Crippen molar-refractivity contribution in [3.8, 4) is 0 Å². The molecule has 0 bridgehead atoms. The molecule has 1 unspecified atom stereocenters. The Morgan fingerprint density at radius 1 is 1.41 bits per heavy atom. The van der Waals surface area contributed by atoms with E-state index in [9.17, 15) is 21.6 Å². The van der Waals surface area contributed by atoms with Gasteiger partial charge < -0.3 is 4.74 Å². The molecule has 1 aliphatic rings. The first-order chi connectivity index (χ1) is 10.2. The molecule has 0 spiro atoms. The molecule has 9 heteroatoms. The van der Waals surface area contributed by atoms with Crippen molar-refractivity contribution in [2.45, 2.75) is 11.3 Å². The quantitative estimate of drug-likeness (QED) is 0.762.